The fraction of sp³-hybridized carbons (Fsp3) is 0.385. The third-order valence-electron chi connectivity index (χ3n) is 2.47. The lowest BCUT2D eigenvalue weighted by Gasteiger charge is -2.14. The maximum Gasteiger partial charge on any atom is 0.239 e. The van der Waals surface area contributed by atoms with Crippen LogP contribution in [0.2, 0.25) is 0 Å². The highest BCUT2D eigenvalue weighted by molar-refractivity contribution is 5.84. The summed E-state index contributed by atoms with van der Waals surface area (Å²) < 4.78 is 25.8. The summed E-state index contributed by atoms with van der Waals surface area (Å²) in [7, 11) is 0. The molecule has 18 heavy (non-hydrogen) atoms. The van der Waals surface area contributed by atoms with Gasteiger partial charge in [0, 0.05) is 12.6 Å². The molecule has 0 spiro atoms. The van der Waals surface area contributed by atoms with Gasteiger partial charge in [-0.3, -0.25) is 4.79 Å². The number of rotatable bonds is 4. The van der Waals surface area contributed by atoms with E-state index in [-0.39, 0.29) is 6.54 Å². The molecule has 0 bridgehead atoms. The van der Waals surface area contributed by atoms with E-state index in [9.17, 15) is 13.6 Å². The van der Waals surface area contributed by atoms with Gasteiger partial charge in [-0.05, 0) is 38.0 Å². The summed E-state index contributed by atoms with van der Waals surface area (Å²) in [5, 5.41) is 11.3. The van der Waals surface area contributed by atoms with Crippen molar-refractivity contribution < 1.29 is 13.6 Å². The zero-order valence-corrected chi connectivity index (χ0v) is 10.3. The molecule has 0 radical (unpaired) electrons. The van der Waals surface area contributed by atoms with Crippen LogP contribution in [0, 0.1) is 28.4 Å². The highest BCUT2D eigenvalue weighted by Crippen LogP contribution is 2.13. The van der Waals surface area contributed by atoms with Gasteiger partial charge in [0.15, 0.2) is 0 Å². The largest absolute Gasteiger partial charge is 0.354 e. The quantitative estimate of drug-likeness (QED) is 0.892. The SMILES string of the molecule is CC(C)(C#N)C(=O)NCCc1cc(F)cc(F)c1. The first kappa shape index (κ1) is 14.1. The maximum absolute atomic E-state index is 12.9. The number of nitriles is 1. The third kappa shape index (κ3) is 3.81. The van der Waals surface area contributed by atoms with Crippen LogP contribution in [-0.2, 0) is 11.2 Å². The number of amides is 1. The van der Waals surface area contributed by atoms with Crippen molar-refractivity contribution in [2.75, 3.05) is 6.54 Å². The third-order valence-corrected chi connectivity index (χ3v) is 2.47. The molecular formula is C13H14F2N2O. The Hall–Kier alpha value is -1.96. The average molecular weight is 252 g/mol. The first-order chi connectivity index (χ1) is 8.35. The Morgan fingerprint density at radius 2 is 1.89 bits per heavy atom. The predicted octanol–water partition coefficient (Wildman–Crippen LogP) is 2.17. The number of hydrogen-bond donors (Lipinski definition) is 1. The fourth-order valence-electron chi connectivity index (χ4n) is 1.35. The van der Waals surface area contributed by atoms with Crippen LogP contribution in [0.25, 0.3) is 0 Å². The average Bonchev–Trinajstić information content (AvgIpc) is 2.27. The molecule has 0 aliphatic heterocycles. The van der Waals surface area contributed by atoms with Crippen molar-refractivity contribution in [3.63, 3.8) is 0 Å². The second-order valence-corrected chi connectivity index (χ2v) is 4.52. The molecule has 0 unspecified atom stereocenters. The van der Waals surface area contributed by atoms with Gasteiger partial charge in [-0.1, -0.05) is 0 Å². The molecule has 5 heteroatoms. The summed E-state index contributed by atoms with van der Waals surface area (Å²) in [6.45, 7) is 3.24. The number of halogens is 2. The Balaban J connectivity index is 2.53. The molecule has 96 valence electrons. The van der Waals surface area contributed by atoms with E-state index in [1.165, 1.54) is 26.0 Å². The van der Waals surface area contributed by atoms with Crippen molar-refractivity contribution in [3.8, 4) is 6.07 Å². The van der Waals surface area contributed by atoms with Crippen LogP contribution >= 0.6 is 0 Å². The zero-order valence-electron chi connectivity index (χ0n) is 10.3. The standard InChI is InChI=1S/C13H14F2N2O/c1-13(2,8-16)12(18)17-4-3-9-5-10(14)7-11(15)6-9/h5-7H,3-4H2,1-2H3,(H,17,18). The minimum Gasteiger partial charge on any atom is -0.354 e. The lowest BCUT2D eigenvalue weighted by atomic mass is 9.95. The molecule has 0 aromatic heterocycles. The normalized spacial score (nSPS) is 10.8. The first-order valence-corrected chi connectivity index (χ1v) is 5.49. The molecule has 0 atom stereocenters. The smallest absolute Gasteiger partial charge is 0.239 e. The molecule has 1 aromatic rings. The summed E-state index contributed by atoms with van der Waals surface area (Å²) in [6, 6.07) is 5.09. The molecule has 0 fully saturated rings. The molecule has 3 nitrogen and oxygen atoms in total. The fourth-order valence-corrected chi connectivity index (χ4v) is 1.35. The van der Waals surface area contributed by atoms with Crippen LogP contribution in [0.5, 0.6) is 0 Å². The van der Waals surface area contributed by atoms with Crippen molar-refractivity contribution in [2.45, 2.75) is 20.3 Å². The van der Waals surface area contributed by atoms with Gasteiger partial charge in [-0.25, -0.2) is 8.78 Å². The summed E-state index contributed by atoms with van der Waals surface area (Å²) in [6.07, 6.45) is 0.307. The molecule has 1 amide bonds. The van der Waals surface area contributed by atoms with Gasteiger partial charge in [0.1, 0.15) is 17.0 Å². The Labute approximate surface area is 104 Å². The van der Waals surface area contributed by atoms with E-state index in [2.05, 4.69) is 5.32 Å². The number of hydrogen-bond acceptors (Lipinski definition) is 2. The monoisotopic (exact) mass is 252 g/mol. The Bertz CT molecular complexity index is 472. The van der Waals surface area contributed by atoms with E-state index in [0.717, 1.165) is 6.07 Å². The van der Waals surface area contributed by atoms with E-state index in [4.69, 9.17) is 5.26 Å². The van der Waals surface area contributed by atoms with Crippen LogP contribution in [0.1, 0.15) is 19.4 Å². The summed E-state index contributed by atoms with van der Waals surface area (Å²) in [4.78, 5) is 11.5. The highest BCUT2D eigenvalue weighted by Gasteiger charge is 2.26. The lowest BCUT2D eigenvalue weighted by Crippen LogP contribution is -2.36. The predicted molar refractivity (Wildman–Crippen MR) is 62.5 cm³/mol. The molecular weight excluding hydrogens is 238 g/mol. The van der Waals surface area contributed by atoms with Crippen molar-refractivity contribution in [2.24, 2.45) is 5.41 Å². The first-order valence-electron chi connectivity index (χ1n) is 5.49. The van der Waals surface area contributed by atoms with Gasteiger partial charge < -0.3 is 5.32 Å². The molecule has 0 saturated heterocycles. The van der Waals surface area contributed by atoms with Crippen molar-refractivity contribution >= 4 is 5.91 Å². The Morgan fingerprint density at radius 3 is 2.39 bits per heavy atom. The van der Waals surface area contributed by atoms with Gasteiger partial charge in [0.25, 0.3) is 0 Å². The van der Waals surface area contributed by atoms with Crippen LogP contribution in [0.4, 0.5) is 8.78 Å². The van der Waals surface area contributed by atoms with Crippen molar-refractivity contribution in [1.82, 2.24) is 5.32 Å². The van der Waals surface area contributed by atoms with E-state index < -0.39 is 23.0 Å². The van der Waals surface area contributed by atoms with E-state index in [0.29, 0.717) is 12.0 Å². The Morgan fingerprint density at radius 1 is 1.33 bits per heavy atom. The number of carbonyl (C=O) groups excluding carboxylic acids is 1. The van der Waals surface area contributed by atoms with Gasteiger partial charge in [-0.15, -0.1) is 0 Å². The second-order valence-electron chi connectivity index (χ2n) is 4.52. The van der Waals surface area contributed by atoms with E-state index in [1.807, 2.05) is 6.07 Å². The van der Waals surface area contributed by atoms with E-state index in [1.54, 1.807) is 0 Å². The molecule has 0 aliphatic rings. The van der Waals surface area contributed by atoms with Crippen LogP contribution in [0.3, 0.4) is 0 Å². The van der Waals surface area contributed by atoms with E-state index >= 15 is 0 Å². The molecule has 1 N–H and O–H groups in total. The van der Waals surface area contributed by atoms with Gasteiger partial charge in [0.05, 0.1) is 6.07 Å². The number of carbonyl (C=O) groups is 1. The minimum absolute atomic E-state index is 0.229. The van der Waals surface area contributed by atoms with Crippen LogP contribution < -0.4 is 5.32 Å². The summed E-state index contributed by atoms with van der Waals surface area (Å²) in [5.74, 6) is -1.69. The highest BCUT2D eigenvalue weighted by atomic mass is 19.1. The molecule has 1 aromatic carbocycles. The minimum atomic E-state index is -1.10. The van der Waals surface area contributed by atoms with Crippen molar-refractivity contribution in [1.29, 1.82) is 5.26 Å². The van der Waals surface area contributed by atoms with Crippen molar-refractivity contribution in [3.05, 3.63) is 35.4 Å². The van der Waals surface area contributed by atoms with Gasteiger partial charge in [-0.2, -0.15) is 5.26 Å². The van der Waals surface area contributed by atoms with Gasteiger partial charge in [0.2, 0.25) is 5.91 Å². The van der Waals surface area contributed by atoms with Crippen LogP contribution in [-0.4, -0.2) is 12.5 Å². The van der Waals surface area contributed by atoms with Crippen LogP contribution in [0.15, 0.2) is 18.2 Å². The summed E-state index contributed by atoms with van der Waals surface area (Å²) >= 11 is 0. The topological polar surface area (TPSA) is 52.9 Å². The number of benzene rings is 1. The second kappa shape index (κ2) is 5.58. The Kier molecular flexibility index (Phi) is 4.38. The molecule has 1 rings (SSSR count). The molecule has 0 aliphatic carbocycles. The maximum atomic E-state index is 12.9. The molecule has 0 heterocycles. The lowest BCUT2D eigenvalue weighted by molar-refractivity contribution is -0.126. The zero-order chi connectivity index (χ0) is 13.8. The molecule has 0 saturated carbocycles. The van der Waals surface area contributed by atoms with Gasteiger partial charge >= 0.3 is 0 Å². The number of nitrogens with one attached hydrogen (secondary N) is 1. The summed E-state index contributed by atoms with van der Waals surface area (Å²) in [5.41, 5.74) is -0.643. The number of nitrogens with zero attached hydrogens (tertiary/aromatic N) is 1.